The number of aliphatic imine (C=N–C) groups is 1. The highest BCUT2D eigenvalue weighted by molar-refractivity contribution is 8.03. The predicted molar refractivity (Wildman–Crippen MR) is 40.6 cm³/mol. The molecule has 0 aliphatic carbocycles. The Kier molecular flexibility index (Phi) is 1.19. The van der Waals surface area contributed by atoms with Crippen molar-refractivity contribution in [3.05, 3.63) is 23.6 Å². The number of hydrogen-bond acceptors (Lipinski definition) is 2. The summed E-state index contributed by atoms with van der Waals surface area (Å²) in [6.45, 7) is 0. The lowest BCUT2D eigenvalue weighted by molar-refractivity contribution is 0.777. The van der Waals surface area contributed by atoms with Gasteiger partial charge in [0.05, 0.1) is 6.21 Å². The van der Waals surface area contributed by atoms with Gasteiger partial charge in [-0.1, -0.05) is 12.2 Å². The Hall–Kier alpha value is -0.500. The zero-order chi connectivity index (χ0) is 6.10. The summed E-state index contributed by atoms with van der Waals surface area (Å²) < 4.78 is 0. The highest BCUT2D eigenvalue weighted by atomic mass is 32.2. The number of hydrogen-bond donors (Lipinski definition) is 0. The molecule has 0 N–H and O–H groups in total. The first-order chi connectivity index (χ1) is 4.47. The van der Waals surface area contributed by atoms with E-state index in [1.165, 1.54) is 0 Å². The van der Waals surface area contributed by atoms with Crippen LogP contribution in [0.15, 0.2) is 28.6 Å². The molecule has 0 aromatic carbocycles. The maximum absolute atomic E-state index is 4.16. The number of thioether (sulfide) groups is 1. The second-order valence-corrected chi connectivity index (χ2v) is 3.08. The molecular formula is C7H6NS. The summed E-state index contributed by atoms with van der Waals surface area (Å²) in [7, 11) is 0. The Bertz CT molecular complexity index is 193. The van der Waals surface area contributed by atoms with Gasteiger partial charge in [0.15, 0.2) is 0 Å². The first-order valence-electron chi connectivity index (χ1n) is 2.91. The topological polar surface area (TPSA) is 12.4 Å². The van der Waals surface area contributed by atoms with Gasteiger partial charge in [0.25, 0.3) is 0 Å². The predicted octanol–water partition coefficient (Wildman–Crippen LogP) is 1.71. The van der Waals surface area contributed by atoms with E-state index < -0.39 is 0 Å². The number of allylic oxidation sites excluding steroid dienone is 1. The minimum atomic E-state index is 0.398. The van der Waals surface area contributed by atoms with Gasteiger partial charge < -0.3 is 0 Å². The molecule has 0 saturated carbocycles. The van der Waals surface area contributed by atoms with Crippen LogP contribution in [-0.4, -0.2) is 11.6 Å². The Morgan fingerprint density at radius 3 is 3.33 bits per heavy atom. The van der Waals surface area contributed by atoms with E-state index in [9.17, 15) is 0 Å². The molecule has 2 atom stereocenters. The summed E-state index contributed by atoms with van der Waals surface area (Å²) in [5.74, 6) is 0.538. The Labute approximate surface area is 58.6 Å². The van der Waals surface area contributed by atoms with Crippen LogP contribution in [0.2, 0.25) is 0 Å². The minimum absolute atomic E-state index is 0.398. The standard InChI is InChI=1S/C7H6NS/c1-2-6-3-5-9-7(6)8-4-1/h1-3,5-7H. The van der Waals surface area contributed by atoms with Crippen LogP contribution in [0.1, 0.15) is 0 Å². The molecule has 0 aromatic heterocycles. The van der Waals surface area contributed by atoms with Gasteiger partial charge in [-0.05, 0) is 11.5 Å². The second-order valence-electron chi connectivity index (χ2n) is 2.05. The highest BCUT2D eigenvalue weighted by Gasteiger charge is 2.20. The van der Waals surface area contributed by atoms with Crippen LogP contribution in [-0.2, 0) is 0 Å². The van der Waals surface area contributed by atoms with Crippen LogP contribution in [0, 0.1) is 5.92 Å². The fraction of sp³-hybridized carbons (Fsp3) is 0.286. The Morgan fingerprint density at radius 1 is 1.44 bits per heavy atom. The van der Waals surface area contributed by atoms with E-state index in [0.29, 0.717) is 11.3 Å². The normalized spacial score (nSPS) is 37.3. The smallest absolute Gasteiger partial charge is 0.110 e. The molecule has 0 spiro atoms. The minimum Gasteiger partial charge on any atom is -0.268 e. The van der Waals surface area contributed by atoms with E-state index in [-0.39, 0.29) is 0 Å². The summed E-state index contributed by atoms with van der Waals surface area (Å²) in [4.78, 5) is 4.16. The fourth-order valence-corrected chi connectivity index (χ4v) is 1.87. The molecule has 2 aliphatic heterocycles. The average molecular weight is 136 g/mol. The third-order valence-electron chi connectivity index (χ3n) is 1.44. The van der Waals surface area contributed by atoms with Crippen LogP contribution < -0.4 is 0 Å². The number of nitrogens with zero attached hydrogens (tertiary/aromatic N) is 1. The first-order valence-corrected chi connectivity index (χ1v) is 3.85. The molecule has 2 heteroatoms. The third kappa shape index (κ3) is 0.833. The van der Waals surface area contributed by atoms with E-state index in [0.717, 1.165) is 0 Å². The SMILES string of the molecule is [C]1=NC2SC=CC2C=C1. The molecule has 1 nitrogen and oxygen atoms in total. The molecule has 0 aromatic rings. The molecule has 45 valence electrons. The van der Waals surface area contributed by atoms with E-state index in [2.05, 4.69) is 28.8 Å². The van der Waals surface area contributed by atoms with Crippen molar-refractivity contribution in [1.82, 2.24) is 0 Å². The van der Waals surface area contributed by atoms with E-state index in [4.69, 9.17) is 0 Å². The van der Waals surface area contributed by atoms with Crippen LogP contribution >= 0.6 is 11.8 Å². The number of fused-ring (bicyclic) bond motifs is 1. The van der Waals surface area contributed by atoms with Crippen molar-refractivity contribution in [2.75, 3.05) is 0 Å². The molecule has 9 heavy (non-hydrogen) atoms. The quantitative estimate of drug-likeness (QED) is 0.494. The molecule has 2 unspecified atom stereocenters. The number of dihydropyridines is 1. The monoisotopic (exact) mass is 136 g/mol. The molecule has 0 fully saturated rings. The fourth-order valence-electron chi connectivity index (χ4n) is 0.949. The molecule has 2 heterocycles. The van der Waals surface area contributed by atoms with E-state index in [1.54, 1.807) is 11.8 Å². The van der Waals surface area contributed by atoms with Crippen LogP contribution in [0.3, 0.4) is 0 Å². The maximum atomic E-state index is 4.16. The zero-order valence-electron chi connectivity index (χ0n) is 4.82. The molecule has 2 aliphatic rings. The molecule has 0 bridgehead atoms. The van der Waals surface area contributed by atoms with Crippen molar-refractivity contribution >= 4 is 18.0 Å². The van der Waals surface area contributed by atoms with Gasteiger partial charge >= 0.3 is 0 Å². The van der Waals surface area contributed by atoms with Gasteiger partial charge in [0.2, 0.25) is 0 Å². The molecular weight excluding hydrogens is 130 g/mol. The average Bonchev–Trinajstić information content (AvgIpc) is 2.33. The molecule has 0 saturated heterocycles. The third-order valence-corrected chi connectivity index (χ3v) is 2.46. The van der Waals surface area contributed by atoms with Gasteiger partial charge in [-0.3, -0.25) is 4.99 Å². The summed E-state index contributed by atoms with van der Waals surface area (Å²) in [6.07, 6.45) is 9.04. The molecule has 2 rings (SSSR count). The van der Waals surface area contributed by atoms with Crippen molar-refractivity contribution in [2.45, 2.75) is 5.37 Å². The van der Waals surface area contributed by atoms with Gasteiger partial charge in [0, 0.05) is 5.92 Å². The zero-order valence-corrected chi connectivity index (χ0v) is 5.64. The Balaban J connectivity index is 2.25. The number of rotatable bonds is 0. The summed E-state index contributed by atoms with van der Waals surface area (Å²) in [5, 5.41) is 2.51. The van der Waals surface area contributed by atoms with Crippen molar-refractivity contribution in [3.8, 4) is 0 Å². The van der Waals surface area contributed by atoms with E-state index in [1.807, 2.05) is 6.08 Å². The molecule has 1 radical (unpaired) electrons. The van der Waals surface area contributed by atoms with Gasteiger partial charge in [-0.25, -0.2) is 0 Å². The second kappa shape index (κ2) is 2.03. The summed E-state index contributed by atoms with van der Waals surface area (Å²) in [6, 6.07) is 0. The van der Waals surface area contributed by atoms with Crippen LogP contribution in [0.25, 0.3) is 0 Å². The lowest BCUT2D eigenvalue weighted by atomic mass is 10.1. The van der Waals surface area contributed by atoms with Gasteiger partial charge in [0.1, 0.15) is 5.37 Å². The van der Waals surface area contributed by atoms with Crippen LogP contribution in [0.5, 0.6) is 0 Å². The van der Waals surface area contributed by atoms with Gasteiger partial charge in [-0.15, -0.1) is 11.8 Å². The molecule has 0 amide bonds. The highest BCUT2D eigenvalue weighted by Crippen LogP contribution is 2.32. The van der Waals surface area contributed by atoms with Crippen molar-refractivity contribution in [1.29, 1.82) is 0 Å². The van der Waals surface area contributed by atoms with E-state index >= 15 is 0 Å². The largest absolute Gasteiger partial charge is 0.268 e. The maximum Gasteiger partial charge on any atom is 0.110 e. The van der Waals surface area contributed by atoms with Crippen molar-refractivity contribution in [3.63, 3.8) is 0 Å². The van der Waals surface area contributed by atoms with Crippen molar-refractivity contribution < 1.29 is 0 Å². The lowest BCUT2D eigenvalue weighted by Crippen LogP contribution is -2.08. The first kappa shape index (κ1) is 5.30. The summed E-state index contributed by atoms with van der Waals surface area (Å²) in [5.41, 5.74) is 0. The van der Waals surface area contributed by atoms with Crippen LogP contribution in [0.4, 0.5) is 0 Å². The van der Waals surface area contributed by atoms with Gasteiger partial charge in [-0.2, -0.15) is 0 Å². The van der Waals surface area contributed by atoms with Crippen molar-refractivity contribution in [2.24, 2.45) is 10.9 Å². The Morgan fingerprint density at radius 2 is 2.44 bits per heavy atom. The summed E-state index contributed by atoms with van der Waals surface area (Å²) >= 11 is 1.77. The lowest BCUT2D eigenvalue weighted by Gasteiger charge is -2.11.